The molecule has 1 aromatic carbocycles. The topological polar surface area (TPSA) is 75.7 Å². The molecule has 130 valence electrons. The zero-order valence-electron chi connectivity index (χ0n) is 13.6. The normalized spacial score (nSPS) is 17.5. The molecule has 0 aromatic heterocycles. The summed E-state index contributed by atoms with van der Waals surface area (Å²) in [5.74, 6) is -1.44. The Hall–Kier alpha value is -2.44. The molecule has 1 saturated heterocycles. The number of likely N-dealkylation sites (tertiary alicyclic amines) is 1. The van der Waals surface area contributed by atoms with Crippen LogP contribution in [-0.2, 0) is 25.5 Å². The molecular weight excluding hydrogens is 315 g/mol. The Bertz CT molecular complexity index is 620. The average Bonchev–Trinajstić information content (AvgIpc) is 2.58. The monoisotopic (exact) mass is 336 g/mol. The van der Waals surface area contributed by atoms with E-state index in [2.05, 4.69) is 10.1 Å². The van der Waals surface area contributed by atoms with Gasteiger partial charge >= 0.3 is 5.97 Å². The van der Waals surface area contributed by atoms with Gasteiger partial charge in [0.15, 0.2) is 0 Å². The summed E-state index contributed by atoms with van der Waals surface area (Å²) in [5, 5.41) is 2.52. The van der Waals surface area contributed by atoms with Gasteiger partial charge in [-0.2, -0.15) is 0 Å². The molecule has 6 nitrogen and oxygen atoms in total. The fraction of sp³-hybridized carbons (Fsp3) is 0.471. The van der Waals surface area contributed by atoms with Crippen LogP contribution in [0.5, 0.6) is 0 Å². The predicted octanol–water partition coefficient (Wildman–Crippen LogP) is 0.896. The van der Waals surface area contributed by atoms with Crippen molar-refractivity contribution < 1.29 is 23.5 Å². The van der Waals surface area contributed by atoms with Gasteiger partial charge < -0.3 is 15.0 Å². The van der Waals surface area contributed by atoms with E-state index in [0.29, 0.717) is 32.4 Å². The fourth-order valence-corrected chi connectivity index (χ4v) is 2.68. The van der Waals surface area contributed by atoms with Gasteiger partial charge in [-0.1, -0.05) is 12.1 Å². The van der Waals surface area contributed by atoms with E-state index in [4.69, 9.17) is 0 Å². The number of carbonyl (C=O) groups excluding carboxylic acids is 3. The number of nitrogens with one attached hydrogen (secondary N) is 1. The number of hydrogen-bond acceptors (Lipinski definition) is 4. The molecule has 0 unspecified atom stereocenters. The van der Waals surface area contributed by atoms with Crippen LogP contribution in [0, 0.1) is 11.7 Å². The third-order valence-corrected chi connectivity index (χ3v) is 4.06. The average molecular weight is 336 g/mol. The van der Waals surface area contributed by atoms with Gasteiger partial charge in [-0.25, -0.2) is 4.39 Å². The van der Waals surface area contributed by atoms with E-state index in [9.17, 15) is 18.8 Å². The molecule has 1 heterocycles. The van der Waals surface area contributed by atoms with Crippen molar-refractivity contribution >= 4 is 17.8 Å². The Morgan fingerprint density at radius 3 is 2.92 bits per heavy atom. The summed E-state index contributed by atoms with van der Waals surface area (Å²) < 4.78 is 17.7. The van der Waals surface area contributed by atoms with Crippen molar-refractivity contribution in [2.75, 3.05) is 26.7 Å². The largest absolute Gasteiger partial charge is 0.468 e. The maximum Gasteiger partial charge on any atom is 0.325 e. The molecule has 0 bridgehead atoms. The number of benzene rings is 1. The molecule has 2 rings (SSSR count). The van der Waals surface area contributed by atoms with E-state index < -0.39 is 5.97 Å². The summed E-state index contributed by atoms with van der Waals surface area (Å²) in [6.45, 7) is 0.563. The number of ether oxygens (including phenoxy) is 1. The van der Waals surface area contributed by atoms with Gasteiger partial charge in [0.25, 0.3) is 0 Å². The molecule has 24 heavy (non-hydrogen) atoms. The van der Waals surface area contributed by atoms with E-state index in [1.54, 1.807) is 17.0 Å². The number of rotatable bonds is 6. The first kappa shape index (κ1) is 17.9. The predicted molar refractivity (Wildman–Crippen MR) is 84.4 cm³/mol. The summed E-state index contributed by atoms with van der Waals surface area (Å²) in [4.78, 5) is 36.8. The first-order valence-electron chi connectivity index (χ1n) is 7.86. The molecule has 1 fully saturated rings. The number of nitrogens with zero attached hydrogens (tertiary/aromatic N) is 1. The van der Waals surface area contributed by atoms with Crippen LogP contribution in [0.15, 0.2) is 24.3 Å². The van der Waals surface area contributed by atoms with Crippen molar-refractivity contribution in [3.05, 3.63) is 35.6 Å². The molecule has 1 aromatic rings. The lowest BCUT2D eigenvalue weighted by Crippen LogP contribution is -2.47. The van der Waals surface area contributed by atoms with Crippen LogP contribution in [0.2, 0.25) is 0 Å². The quantitative estimate of drug-likeness (QED) is 0.783. The van der Waals surface area contributed by atoms with Crippen molar-refractivity contribution in [2.24, 2.45) is 5.92 Å². The number of methoxy groups -OCH3 is 1. The third-order valence-electron chi connectivity index (χ3n) is 4.06. The Balaban J connectivity index is 1.87. The Kier molecular flexibility index (Phi) is 6.28. The zero-order valence-corrected chi connectivity index (χ0v) is 13.6. The van der Waals surface area contributed by atoms with E-state index in [0.717, 1.165) is 5.56 Å². The molecule has 0 aliphatic carbocycles. The highest BCUT2D eigenvalue weighted by molar-refractivity contribution is 5.86. The molecule has 1 aliphatic rings. The van der Waals surface area contributed by atoms with Crippen molar-refractivity contribution in [2.45, 2.75) is 19.3 Å². The van der Waals surface area contributed by atoms with Gasteiger partial charge in [-0.05, 0) is 30.5 Å². The van der Waals surface area contributed by atoms with Gasteiger partial charge in [-0.3, -0.25) is 14.4 Å². The van der Waals surface area contributed by atoms with Crippen molar-refractivity contribution in [3.8, 4) is 0 Å². The Morgan fingerprint density at radius 1 is 1.42 bits per heavy atom. The lowest BCUT2D eigenvalue weighted by atomic mass is 9.96. The maximum absolute atomic E-state index is 13.2. The standard InChI is InChI=1S/C17H21FN2O4/c1-24-16(22)10-19-17(23)13-5-6-15(21)20(11-13)8-7-12-3-2-4-14(18)9-12/h2-4,9,13H,5-8,10-11H2,1H3,(H,19,23)/t13-/m1/s1. The molecule has 0 spiro atoms. The highest BCUT2D eigenvalue weighted by Crippen LogP contribution is 2.18. The number of halogens is 1. The Labute approximate surface area is 140 Å². The van der Waals surface area contributed by atoms with Crippen LogP contribution in [0.4, 0.5) is 4.39 Å². The minimum atomic E-state index is -0.516. The maximum atomic E-state index is 13.2. The summed E-state index contributed by atoms with van der Waals surface area (Å²) in [7, 11) is 1.25. The van der Waals surface area contributed by atoms with Crippen molar-refractivity contribution in [1.29, 1.82) is 0 Å². The molecule has 7 heteroatoms. The first-order valence-corrected chi connectivity index (χ1v) is 7.86. The number of esters is 1. The number of amides is 2. The number of piperidine rings is 1. The van der Waals surface area contributed by atoms with Crippen LogP contribution >= 0.6 is 0 Å². The highest BCUT2D eigenvalue weighted by Gasteiger charge is 2.30. The number of carbonyl (C=O) groups is 3. The van der Waals surface area contributed by atoms with E-state index in [1.807, 2.05) is 0 Å². The SMILES string of the molecule is COC(=O)CNC(=O)[C@@H]1CCC(=O)N(CCc2cccc(F)c2)C1. The molecule has 2 amide bonds. The lowest BCUT2D eigenvalue weighted by molar-refractivity contribution is -0.143. The molecule has 0 radical (unpaired) electrons. The molecule has 1 aliphatic heterocycles. The van der Waals surface area contributed by atoms with Crippen molar-refractivity contribution in [1.82, 2.24) is 10.2 Å². The van der Waals surface area contributed by atoms with Gasteiger partial charge in [-0.15, -0.1) is 0 Å². The second-order valence-corrected chi connectivity index (χ2v) is 5.75. The summed E-state index contributed by atoms with van der Waals surface area (Å²) in [6.07, 6.45) is 1.28. The van der Waals surface area contributed by atoms with Gasteiger partial charge in [0.05, 0.1) is 13.0 Å². The summed E-state index contributed by atoms with van der Waals surface area (Å²) >= 11 is 0. The molecular formula is C17H21FN2O4. The smallest absolute Gasteiger partial charge is 0.325 e. The van der Waals surface area contributed by atoms with Crippen molar-refractivity contribution in [3.63, 3.8) is 0 Å². The van der Waals surface area contributed by atoms with Gasteiger partial charge in [0, 0.05) is 19.5 Å². The summed E-state index contributed by atoms with van der Waals surface area (Å²) in [6, 6.07) is 6.25. The van der Waals surface area contributed by atoms with Crippen LogP contribution in [0.25, 0.3) is 0 Å². The molecule has 0 saturated carbocycles. The number of hydrogen-bond donors (Lipinski definition) is 1. The minimum Gasteiger partial charge on any atom is -0.468 e. The van der Waals surface area contributed by atoms with Gasteiger partial charge in [0.2, 0.25) is 11.8 Å². The fourth-order valence-electron chi connectivity index (χ4n) is 2.68. The van der Waals surface area contributed by atoms with Gasteiger partial charge in [0.1, 0.15) is 12.4 Å². The minimum absolute atomic E-state index is 0.0107. The van der Waals surface area contributed by atoms with E-state index in [-0.39, 0.29) is 30.1 Å². The first-order chi connectivity index (χ1) is 11.5. The summed E-state index contributed by atoms with van der Waals surface area (Å²) in [5.41, 5.74) is 0.806. The van der Waals surface area contributed by atoms with Crippen LogP contribution in [-0.4, -0.2) is 49.4 Å². The lowest BCUT2D eigenvalue weighted by Gasteiger charge is -2.32. The van der Waals surface area contributed by atoms with E-state index >= 15 is 0 Å². The second-order valence-electron chi connectivity index (χ2n) is 5.75. The Morgan fingerprint density at radius 2 is 2.21 bits per heavy atom. The second kappa shape index (κ2) is 8.42. The molecule has 1 atom stereocenters. The third kappa shape index (κ3) is 5.04. The zero-order chi connectivity index (χ0) is 17.5. The molecule has 1 N–H and O–H groups in total. The van der Waals surface area contributed by atoms with E-state index in [1.165, 1.54) is 19.2 Å². The van der Waals surface area contributed by atoms with Crippen LogP contribution in [0.1, 0.15) is 18.4 Å². The van der Waals surface area contributed by atoms with Crippen LogP contribution in [0.3, 0.4) is 0 Å². The van der Waals surface area contributed by atoms with Crippen LogP contribution < -0.4 is 5.32 Å². The highest BCUT2D eigenvalue weighted by atomic mass is 19.1.